The van der Waals surface area contributed by atoms with Crippen molar-refractivity contribution < 1.29 is 0 Å². The van der Waals surface area contributed by atoms with Crippen molar-refractivity contribution in [3.05, 3.63) is 35.9 Å². The Balaban J connectivity index is 1.80. The molecule has 0 radical (unpaired) electrons. The van der Waals surface area contributed by atoms with Crippen molar-refractivity contribution in [2.75, 3.05) is 6.54 Å². The highest BCUT2D eigenvalue weighted by atomic mass is 14.9. The number of rotatable bonds is 4. The molecule has 1 fully saturated rings. The van der Waals surface area contributed by atoms with Crippen LogP contribution in [0.25, 0.3) is 0 Å². The fourth-order valence-electron chi connectivity index (χ4n) is 1.90. The van der Waals surface area contributed by atoms with Crippen LogP contribution in [0.2, 0.25) is 0 Å². The van der Waals surface area contributed by atoms with Gasteiger partial charge in [0.1, 0.15) is 0 Å². The fraction of sp³-hybridized carbons (Fsp3) is 0.538. The van der Waals surface area contributed by atoms with Crippen LogP contribution in [0.4, 0.5) is 0 Å². The first kappa shape index (κ1) is 9.72. The SMILES string of the molecule is C[C@@H](NCC1CCC1)c1ccccc1. The minimum absolute atomic E-state index is 0.497. The third-order valence-electron chi connectivity index (χ3n) is 3.24. The molecule has 1 aliphatic carbocycles. The van der Waals surface area contributed by atoms with Gasteiger partial charge in [-0.05, 0) is 37.8 Å². The van der Waals surface area contributed by atoms with Gasteiger partial charge in [0, 0.05) is 6.04 Å². The molecule has 1 atom stereocenters. The number of benzene rings is 1. The molecule has 1 aromatic rings. The van der Waals surface area contributed by atoms with Crippen molar-refractivity contribution in [2.24, 2.45) is 5.92 Å². The zero-order valence-corrected chi connectivity index (χ0v) is 8.87. The van der Waals surface area contributed by atoms with Crippen molar-refractivity contribution >= 4 is 0 Å². The lowest BCUT2D eigenvalue weighted by Crippen LogP contribution is -2.29. The molecule has 1 N–H and O–H groups in total. The molecule has 0 unspecified atom stereocenters. The second-order valence-corrected chi connectivity index (χ2v) is 4.34. The number of hydrogen-bond donors (Lipinski definition) is 1. The van der Waals surface area contributed by atoms with Crippen molar-refractivity contribution in [3.63, 3.8) is 0 Å². The minimum atomic E-state index is 0.497. The lowest BCUT2D eigenvalue weighted by atomic mass is 9.85. The molecule has 0 heterocycles. The van der Waals surface area contributed by atoms with E-state index < -0.39 is 0 Å². The topological polar surface area (TPSA) is 12.0 Å². The van der Waals surface area contributed by atoms with Gasteiger partial charge in [-0.2, -0.15) is 0 Å². The van der Waals surface area contributed by atoms with Gasteiger partial charge in [-0.15, -0.1) is 0 Å². The van der Waals surface area contributed by atoms with Crippen LogP contribution in [0, 0.1) is 5.92 Å². The third kappa shape index (κ3) is 2.36. The standard InChI is InChI=1S/C13H19N/c1-11(13-8-3-2-4-9-13)14-10-12-6-5-7-12/h2-4,8-9,11-12,14H,5-7,10H2,1H3/t11-/m1/s1. The molecule has 1 aliphatic rings. The minimum Gasteiger partial charge on any atom is -0.310 e. The third-order valence-corrected chi connectivity index (χ3v) is 3.24. The molecule has 0 spiro atoms. The molecule has 2 rings (SSSR count). The van der Waals surface area contributed by atoms with Gasteiger partial charge in [0.15, 0.2) is 0 Å². The van der Waals surface area contributed by atoms with Gasteiger partial charge >= 0.3 is 0 Å². The molecule has 0 amide bonds. The van der Waals surface area contributed by atoms with Crippen molar-refractivity contribution in [1.82, 2.24) is 5.32 Å². The maximum atomic E-state index is 3.60. The molecule has 1 aromatic carbocycles. The van der Waals surface area contributed by atoms with Crippen molar-refractivity contribution in [3.8, 4) is 0 Å². The smallest absolute Gasteiger partial charge is 0.0291 e. The molecule has 1 saturated carbocycles. The van der Waals surface area contributed by atoms with Crippen LogP contribution >= 0.6 is 0 Å². The average Bonchev–Trinajstić information content (AvgIpc) is 2.16. The Bertz CT molecular complexity index is 264. The van der Waals surface area contributed by atoms with Crippen molar-refractivity contribution in [2.45, 2.75) is 32.2 Å². The van der Waals surface area contributed by atoms with Crippen molar-refractivity contribution in [1.29, 1.82) is 0 Å². The summed E-state index contributed by atoms with van der Waals surface area (Å²) in [7, 11) is 0. The lowest BCUT2D eigenvalue weighted by molar-refractivity contribution is 0.292. The summed E-state index contributed by atoms with van der Waals surface area (Å²) in [6.07, 6.45) is 4.29. The monoisotopic (exact) mass is 189 g/mol. The summed E-state index contributed by atoms with van der Waals surface area (Å²) in [6, 6.07) is 11.2. The fourth-order valence-corrected chi connectivity index (χ4v) is 1.90. The Morgan fingerprint density at radius 2 is 2.00 bits per heavy atom. The molecule has 76 valence electrons. The Labute approximate surface area is 86.5 Å². The highest BCUT2D eigenvalue weighted by molar-refractivity contribution is 5.17. The summed E-state index contributed by atoms with van der Waals surface area (Å²) < 4.78 is 0. The largest absolute Gasteiger partial charge is 0.310 e. The van der Waals surface area contributed by atoms with E-state index in [0.29, 0.717) is 6.04 Å². The van der Waals surface area contributed by atoms with Crippen LogP contribution in [0.15, 0.2) is 30.3 Å². The first-order valence-electron chi connectivity index (χ1n) is 5.64. The van der Waals surface area contributed by atoms with Crippen LogP contribution < -0.4 is 5.32 Å². The van der Waals surface area contributed by atoms with E-state index in [0.717, 1.165) is 5.92 Å². The molecule has 0 saturated heterocycles. The average molecular weight is 189 g/mol. The van der Waals surface area contributed by atoms with E-state index in [-0.39, 0.29) is 0 Å². The van der Waals surface area contributed by atoms with E-state index in [4.69, 9.17) is 0 Å². The second kappa shape index (κ2) is 4.61. The Kier molecular flexibility index (Phi) is 3.20. The summed E-state index contributed by atoms with van der Waals surface area (Å²) in [5.74, 6) is 0.946. The quantitative estimate of drug-likeness (QED) is 0.767. The van der Waals surface area contributed by atoms with Crippen LogP contribution in [0.3, 0.4) is 0 Å². The maximum Gasteiger partial charge on any atom is 0.0291 e. The summed E-state index contributed by atoms with van der Waals surface area (Å²) in [4.78, 5) is 0. The molecule has 1 nitrogen and oxygen atoms in total. The molecular formula is C13H19N. The normalized spacial score (nSPS) is 18.9. The predicted molar refractivity (Wildman–Crippen MR) is 60.2 cm³/mol. The zero-order valence-electron chi connectivity index (χ0n) is 8.87. The molecule has 14 heavy (non-hydrogen) atoms. The summed E-state index contributed by atoms with van der Waals surface area (Å²) in [6.45, 7) is 3.43. The molecule has 0 aromatic heterocycles. The van der Waals surface area contributed by atoms with Gasteiger partial charge in [0.25, 0.3) is 0 Å². The summed E-state index contributed by atoms with van der Waals surface area (Å²) in [5, 5.41) is 3.60. The van der Waals surface area contributed by atoms with E-state index >= 15 is 0 Å². The Morgan fingerprint density at radius 1 is 1.29 bits per heavy atom. The highest BCUT2D eigenvalue weighted by Gasteiger charge is 2.17. The van der Waals surface area contributed by atoms with E-state index in [9.17, 15) is 0 Å². The van der Waals surface area contributed by atoms with Gasteiger partial charge in [0.2, 0.25) is 0 Å². The van der Waals surface area contributed by atoms with Gasteiger partial charge in [-0.25, -0.2) is 0 Å². The van der Waals surface area contributed by atoms with Gasteiger partial charge in [-0.3, -0.25) is 0 Å². The van der Waals surface area contributed by atoms with Crippen LogP contribution in [-0.2, 0) is 0 Å². The molecule has 0 bridgehead atoms. The number of nitrogens with one attached hydrogen (secondary N) is 1. The summed E-state index contributed by atoms with van der Waals surface area (Å²) >= 11 is 0. The first-order valence-corrected chi connectivity index (χ1v) is 5.64. The van der Waals surface area contributed by atoms with E-state index in [1.165, 1.54) is 31.4 Å². The lowest BCUT2D eigenvalue weighted by Gasteiger charge is -2.27. The highest BCUT2D eigenvalue weighted by Crippen LogP contribution is 2.26. The molecular weight excluding hydrogens is 170 g/mol. The van der Waals surface area contributed by atoms with Crippen LogP contribution in [0.5, 0.6) is 0 Å². The number of hydrogen-bond acceptors (Lipinski definition) is 1. The second-order valence-electron chi connectivity index (χ2n) is 4.34. The van der Waals surface area contributed by atoms with Crippen LogP contribution in [-0.4, -0.2) is 6.54 Å². The van der Waals surface area contributed by atoms with E-state index in [1.807, 2.05) is 0 Å². The predicted octanol–water partition coefficient (Wildman–Crippen LogP) is 3.14. The maximum absolute atomic E-state index is 3.60. The Morgan fingerprint density at radius 3 is 2.57 bits per heavy atom. The van der Waals surface area contributed by atoms with Crippen LogP contribution in [0.1, 0.15) is 37.8 Å². The molecule has 1 heteroatoms. The first-order chi connectivity index (χ1) is 6.86. The molecule has 0 aliphatic heterocycles. The van der Waals surface area contributed by atoms with Gasteiger partial charge in [-0.1, -0.05) is 36.8 Å². The van der Waals surface area contributed by atoms with Gasteiger partial charge in [0.05, 0.1) is 0 Å². The van der Waals surface area contributed by atoms with E-state index in [1.54, 1.807) is 0 Å². The Hall–Kier alpha value is -0.820. The van der Waals surface area contributed by atoms with Gasteiger partial charge < -0.3 is 5.32 Å². The van der Waals surface area contributed by atoms with E-state index in [2.05, 4.69) is 42.6 Å². The zero-order chi connectivity index (χ0) is 9.80. The summed E-state index contributed by atoms with van der Waals surface area (Å²) in [5.41, 5.74) is 1.40.